The zero-order chi connectivity index (χ0) is 25.2. The summed E-state index contributed by atoms with van der Waals surface area (Å²) in [6.45, 7) is 7.44. The number of carbonyl (C=O) groups is 1. The zero-order valence-corrected chi connectivity index (χ0v) is 21.8. The Balaban J connectivity index is 1.53. The summed E-state index contributed by atoms with van der Waals surface area (Å²) in [5.41, 5.74) is 4.87. The fourth-order valence-corrected chi connectivity index (χ4v) is 5.36. The van der Waals surface area contributed by atoms with Crippen molar-refractivity contribution in [1.29, 1.82) is 0 Å². The minimum Gasteiger partial charge on any atom is -0.376 e. The maximum atomic E-state index is 12.3. The predicted molar refractivity (Wildman–Crippen MR) is 146 cm³/mol. The molecule has 5 rings (SSSR count). The molecule has 3 aromatic rings. The zero-order valence-electron chi connectivity index (χ0n) is 21.0. The molecule has 3 atom stereocenters. The maximum absolute atomic E-state index is 12.3. The van der Waals surface area contributed by atoms with Crippen molar-refractivity contribution >= 4 is 34.6 Å². The smallest absolute Gasteiger partial charge is 0.226 e. The SMILES string of the molecule is Cc1cc(N2C(=S)N[C@H](c3ccccn3)[C@H]2c2cccn2C[C@H]2CCCO2)ccc1NC(=O)C(C)C. The van der Waals surface area contributed by atoms with Crippen molar-refractivity contribution in [3.8, 4) is 0 Å². The van der Waals surface area contributed by atoms with Gasteiger partial charge in [-0.25, -0.2) is 0 Å². The van der Waals surface area contributed by atoms with Crippen LogP contribution in [0.25, 0.3) is 0 Å². The molecule has 2 aliphatic rings. The minimum absolute atomic E-state index is 0.00395. The molecule has 8 heteroatoms. The molecule has 2 N–H and O–H groups in total. The highest BCUT2D eigenvalue weighted by molar-refractivity contribution is 7.80. The number of carbonyl (C=O) groups excluding carboxylic acids is 1. The van der Waals surface area contributed by atoms with E-state index in [4.69, 9.17) is 17.0 Å². The first-order valence-electron chi connectivity index (χ1n) is 12.6. The van der Waals surface area contributed by atoms with Gasteiger partial charge < -0.3 is 24.8 Å². The molecule has 0 unspecified atom stereocenters. The number of thiocarbonyl (C=S) groups is 1. The van der Waals surface area contributed by atoms with Gasteiger partial charge in [-0.15, -0.1) is 0 Å². The van der Waals surface area contributed by atoms with Gasteiger partial charge in [-0.1, -0.05) is 19.9 Å². The van der Waals surface area contributed by atoms with Gasteiger partial charge >= 0.3 is 0 Å². The number of pyridine rings is 1. The third-order valence-corrected chi connectivity index (χ3v) is 7.28. The number of rotatable bonds is 7. The van der Waals surface area contributed by atoms with Gasteiger partial charge in [0.05, 0.1) is 17.8 Å². The Morgan fingerprint density at radius 2 is 2.11 bits per heavy atom. The second-order valence-electron chi connectivity index (χ2n) is 9.86. The summed E-state index contributed by atoms with van der Waals surface area (Å²) in [4.78, 5) is 19.1. The van der Waals surface area contributed by atoms with Crippen LogP contribution in [0.4, 0.5) is 11.4 Å². The van der Waals surface area contributed by atoms with Crippen LogP contribution in [0.3, 0.4) is 0 Å². The van der Waals surface area contributed by atoms with E-state index in [2.05, 4.69) is 49.5 Å². The van der Waals surface area contributed by atoms with E-state index in [0.717, 1.165) is 54.3 Å². The van der Waals surface area contributed by atoms with Crippen LogP contribution in [0.5, 0.6) is 0 Å². The van der Waals surface area contributed by atoms with Crippen LogP contribution in [-0.2, 0) is 16.1 Å². The number of nitrogens with zero attached hydrogens (tertiary/aromatic N) is 3. The molecule has 2 aromatic heterocycles. The molecule has 2 saturated heterocycles. The molecule has 1 amide bonds. The Kier molecular flexibility index (Phi) is 7.07. The molecule has 2 aliphatic heterocycles. The third kappa shape index (κ3) is 4.88. The van der Waals surface area contributed by atoms with Crippen molar-refractivity contribution in [2.75, 3.05) is 16.8 Å². The number of anilines is 2. The fourth-order valence-electron chi connectivity index (χ4n) is 5.02. The van der Waals surface area contributed by atoms with Crippen LogP contribution in [0, 0.1) is 12.8 Å². The summed E-state index contributed by atoms with van der Waals surface area (Å²) in [6, 6.07) is 16.1. The Labute approximate surface area is 217 Å². The number of aryl methyl sites for hydroxylation is 1. The highest BCUT2D eigenvalue weighted by atomic mass is 32.1. The van der Waals surface area contributed by atoms with Crippen LogP contribution in [0.1, 0.15) is 55.7 Å². The van der Waals surface area contributed by atoms with E-state index < -0.39 is 0 Å². The summed E-state index contributed by atoms with van der Waals surface area (Å²) < 4.78 is 8.24. The van der Waals surface area contributed by atoms with Crippen LogP contribution in [0.15, 0.2) is 60.9 Å². The van der Waals surface area contributed by atoms with E-state index in [1.54, 1.807) is 0 Å². The third-order valence-electron chi connectivity index (χ3n) is 6.96. The van der Waals surface area contributed by atoms with Crippen molar-refractivity contribution in [2.24, 2.45) is 5.92 Å². The van der Waals surface area contributed by atoms with Gasteiger partial charge in [0.15, 0.2) is 5.11 Å². The summed E-state index contributed by atoms with van der Waals surface area (Å²) in [7, 11) is 0. The number of hydrogen-bond donors (Lipinski definition) is 2. The molecule has 2 fully saturated rings. The van der Waals surface area contributed by atoms with Gasteiger partial charge in [0, 0.05) is 48.5 Å². The van der Waals surface area contributed by atoms with Crippen molar-refractivity contribution in [3.05, 3.63) is 77.9 Å². The van der Waals surface area contributed by atoms with Crippen molar-refractivity contribution in [1.82, 2.24) is 14.9 Å². The molecule has 0 spiro atoms. The van der Waals surface area contributed by atoms with E-state index in [1.165, 1.54) is 0 Å². The lowest BCUT2D eigenvalue weighted by Crippen LogP contribution is -2.31. The Hall–Kier alpha value is -3.23. The second-order valence-corrected chi connectivity index (χ2v) is 10.2. The van der Waals surface area contributed by atoms with Gasteiger partial charge in [-0.05, 0) is 80.0 Å². The van der Waals surface area contributed by atoms with E-state index in [-0.39, 0.29) is 30.0 Å². The number of hydrogen-bond acceptors (Lipinski definition) is 4. The van der Waals surface area contributed by atoms with E-state index in [9.17, 15) is 4.79 Å². The Morgan fingerprint density at radius 3 is 2.81 bits per heavy atom. The van der Waals surface area contributed by atoms with Gasteiger partial charge in [0.1, 0.15) is 6.04 Å². The first-order chi connectivity index (χ1) is 17.4. The van der Waals surface area contributed by atoms with Crippen molar-refractivity contribution < 1.29 is 9.53 Å². The number of nitrogens with one attached hydrogen (secondary N) is 2. The number of benzene rings is 1. The summed E-state index contributed by atoms with van der Waals surface area (Å²) in [5.74, 6) is -0.0798. The van der Waals surface area contributed by atoms with Gasteiger partial charge in [-0.3, -0.25) is 9.78 Å². The molecule has 4 heterocycles. The lowest BCUT2D eigenvalue weighted by molar-refractivity contribution is -0.118. The molecule has 188 valence electrons. The number of amides is 1. The highest BCUT2D eigenvalue weighted by Crippen LogP contribution is 2.42. The first kappa shape index (κ1) is 24.5. The highest BCUT2D eigenvalue weighted by Gasteiger charge is 2.42. The largest absolute Gasteiger partial charge is 0.376 e. The van der Waals surface area contributed by atoms with Crippen molar-refractivity contribution in [3.63, 3.8) is 0 Å². The normalized spacial score (nSPS) is 21.7. The molecule has 0 radical (unpaired) electrons. The van der Waals surface area contributed by atoms with Crippen molar-refractivity contribution in [2.45, 2.75) is 58.3 Å². The lowest BCUT2D eigenvalue weighted by Gasteiger charge is -2.30. The standard InChI is InChI=1S/C28H33N5O2S/c1-18(2)27(34)30-22-12-11-20(16-19(22)3)33-26(25(31-28(33)36)23-9-4-5-13-29-23)24-10-6-14-32(24)17-21-8-7-15-35-21/h4-6,9-14,16,18,21,25-26H,7-8,15,17H2,1-3H3,(H,30,34)(H,31,36)/t21-,25-,26-/m1/s1. The first-order valence-corrected chi connectivity index (χ1v) is 13.0. The summed E-state index contributed by atoms with van der Waals surface area (Å²) in [5, 5.41) is 7.22. The molecule has 1 aromatic carbocycles. The minimum atomic E-state index is -0.113. The molecule has 0 saturated carbocycles. The number of ether oxygens (including phenoxy) is 1. The average molecular weight is 504 g/mol. The quantitative estimate of drug-likeness (QED) is 0.435. The Bertz CT molecular complexity index is 1240. The summed E-state index contributed by atoms with van der Waals surface area (Å²) in [6.07, 6.45) is 6.36. The van der Waals surface area contributed by atoms with Gasteiger partial charge in [-0.2, -0.15) is 0 Å². The van der Waals surface area contributed by atoms with Crippen LogP contribution in [-0.4, -0.2) is 33.3 Å². The average Bonchev–Trinajstić information content (AvgIpc) is 3.61. The van der Waals surface area contributed by atoms with Crippen LogP contribution >= 0.6 is 12.2 Å². The second kappa shape index (κ2) is 10.4. The van der Waals surface area contributed by atoms with Gasteiger partial charge in [0.25, 0.3) is 0 Å². The van der Waals surface area contributed by atoms with E-state index in [1.807, 2.05) is 57.3 Å². The van der Waals surface area contributed by atoms with Crippen LogP contribution in [0.2, 0.25) is 0 Å². The molecule has 0 aliphatic carbocycles. The fraction of sp³-hybridized carbons (Fsp3) is 0.393. The maximum Gasteiger partial charge on any atom is 0.226 e. The molecular weight excluding hydrogens is 470 g/mol. The molecule has 36 heavy (non-hydrogen) atoms. The molecule has 7 nitrogen and oxygen atoms in total. The topological polar surface area (TPSA) is 71.4 Å². The summed E-state index contributed by atoms with van der Waals surface area (Å²) >= 11 is 5.90. The molecular formula is C28H33N5O2S. The van der Waals surface area contributed by atoms with Crippen LogP contribution < -0.4 is 15.5 Å². The lowest BCUT2D eigenvalue weighted by atomic mass is 10.00. The molecule has 0 bridgehead atoms. The van der Waals surface area contributed by atoms with E-state index >= 15 is 0 Å². The predicted octanol–water partition coefficient (Wildman–Crippen LogP) is 5.14. The van der Waals surface area contributed by atoms with Gasteiger partial charge in [0.2, 0.25) is 5.91 Å². The monoisotopic (exact) mass is 503 g/mol. The Morgan fingerprint density at radius 1 is 1.25 bits per heavy atom. The number of aromatic nitrogens is 2. The van der Waals surface area contributed by atoms with E-state index in [0.29, 0.717) is 5.11 Å².